The van der Waals surface area contributed by atoms with Crippen molar-refractivity contribution in [3.8, 4) is 0 Å². The summed E-state index contributed by atoms with van der Waals surface area (Å²) in [6.45, 7) is 4.71. The Kier molecular flexibility index (Phi) is 3.76. The third-order valence-corrected chi connectivity index (χ3v) is 2.46. The van der Waals surface area contributed by atoms with E-state index in [0.717, 1.165) is 23.2 Å². The first-order valence-corrected chi connectivity index (χ1v) is 5.89. The molecule has 0 amide bonds. The first-order valence-electron chi connectivity index (χ1n) is 5.89. The summed E-state index contributed by atoms with van der Waals surface area (Å²) < 4.78 is 4.77. The predicted octanol–water partition coefficient (Wildman–Crippen LogP) is 2.24. The van der Waals surface area contributed by atoms with Crippen LogP contribution in [0.2, 0.25) is 0 Å². The van der Waals surface area contributed by atoms with Gasteiger partial charge < -0.3 is 15.2 Å². The minimum absolute atomic E-state index is 0.283. The molecule has 0 aromatic carbocycles. The number of hydrogen-bond acceptors (Lipinski definition) is 6. The van der Waals surface area contributed by atoms with Crippen LogP contribution in [0.15, 0.2) is 22.9 Å². The molecule has 0 unspecified atom stereocenters. The Morgan fingerprint density at radius 1 is 1.28 bits per heavy atom. The molecular weight excluding hydrogens is 230 g/mol. The molecule has 0 aliphatic carbocycles. The van der Waals surface area contributed by atoms with Gasteiger partial charge in [0.05, 0.1) is 6.54 Å². The fourth-order valence-electron chi connectivity index (χ4n) is 1.45. The molecule has 0 aliphatic heterocycles. The highest BCUT2D eigenvalue weighted by Crippen LogP contribution is 2.17. The van der Waals surface area contributed by atoms with Crippen molar-refractivity contribution in [2.24, 2.45) is 0 Å². The molecule has 6 heteroatoms. The van der Waals surface area contributed by atoms with Crippen molar-refractivity contribution in [2.75, 3.05) is 17.7 Å². The minimum atomic E-state index is 0.283. The van der Waals surface area contributed by atoms with Crippen LogP contribution in [0, 0.1) is 0 Å². The van der Waals surface area contributed by atoms with Crippen molar-refractivity contribution in [3.05, 3.63) is 29.9 Å². The number of anilines is 2. The summed E-state index contributed by atoms with van der Waals surface area (Å²) in [7, 11) is 1.84. The highest BCUT2D eigenvalue weighted by molar-refractivity contribution is 5.47. The van der Waals surface area contributed by atoms with Gasteiger partial charge in [0.1, 0.15) is 29.4 Å². The summed E-state index contributed by atoms with van der Waals surface area (Å²) >= 11 is 0. The van der Waals surface area contributed by atoms with Gasteiger partial charge in [-0.3, -0.25) is 0 Å². The third kappa shape index (κ3) is 2.97. The maximum absolute atomic E-state index is 4.77. The summed E-state index contributed by atoms with van der Waals surface area (Å²) in [4.78, 5) is 8.86. The molecule has 0 radical (unpaired) electrons. The van der Waals surface area contributed by atoms with E-state index < -0.39 is 0 Å². The van der Waals surface area contributed by atoms with Gasteiger partial charge in [0.25, 0.3) is 0 Å². The quantitative estimate of drug-likeness (QED) is 0.844. The molecule has 96 valence electrons. The molecule has 18 heavy (non-hydrogen) atoms. The second-order valence-electron chi connectivity index (χ2n) is 4.25. The van der Waals surface area contributed by atoms with Crippen molar-refractivity contribution in [3.63, 3.8) is 0 Å². The van der Waals surface area contributed by atoms with Crippen LogP contribution >= 0.6 is 0 Å². The van der Waals surface area contributed by atoms with Gasteiger partial charge in [0.15, 0.2) is 0 Å². The maximum Gasteiger partial charge on any atom is 0.135 e. The normalized spacial score (nSPS) is 10.7. The molecule has 0 spiro atoms. The third-order valence-electron chi connectivity index (χ3n) is 2.46. The van der Waals surface area contributed by atoms with Crippen molar-refractivity contribution >= 4 is 11.6 Å². The molecular formula is C12H17N5O. The zero-order valence-corrected chi connectivity index (χ0v) is 10.8. The minimum Gasteiger partial charge on any atom is -0.373 e. The Labute approximate surface area is 106 Å². The first-order chi connectivity index (χ1) is 8.69. The molecule has 2 N–H and O–H groups in total. The lowest BCUT2D eigenvalue weighted by molar-refractivity contribution is 0.412. The topological polar surface area (TPSA) is 75.9 Å². The van der Waals surface area contributed by atoms with Crippen LogP contribution in [0.4, 0.5) is 11.6 Å². The average molecular weight is 247 g/mol. The molecule has 0 saturated heterocycles. The van der Waals surface area contributed by atoms with E-state index in [-0.39, 0.29) is 5.92 Å². The van der Waals surface area contributed by atoms with Gasteiger partial charge in [-0.2, -0.15) is 0 Å². The van der Waals surface area contributed by atoms with Gasteiger partial charge >= 0.3 is 0 Å². The fourth-order valence-corrected chi connectivity index (χ4v) is 1.45. The Bertz CT molecular complexity index is 495. The van der Waals surface area contributed by atoms with Crippen LogP contribution < -0.4 is 10.6 Å². The molecule has 0 atom stereocenters. The lowest BCUT2D eigenvalue weighted by atomic mass is 10.2. The Hall–Kier alpha value is -2.11. The average Bonchev–Trinajstić information content (AvgIpc) is 2.89. The van der Waals surface area contributed by atoms with Crippen LogP contribution in [0.1, 0.15) is 31.3 Å². The lowest BCUT2D eigenvalue weighted by Crippen LogP contribution is -2.07. The smallest absolute Gasteiger partial charge is 0.135 e. The highest BCUT2D eigenvalue weighted by Gasteiger charge is 2.07. The molecule has 0 fully saturated rings. The molecule has 2 heterocycles. The van der Waals surface area contributed by atoms with Crippen LogP contribution in [-0.4, -0.2) is 22.2 Å². The summed E-state index contributed by atoms with van der Waals surface area (Å²) in [6, 6.07) is 3.68. The zero-order chi connectivity index (χ0) is 13.0. The van der Waals surface area contributed by atoms with E-state index in [1.807, 2.05) is 19.2 Å². The van der Waals surface area contributed by atoms with Crippen molar-refractivity contribution in [2.45, 2.75) is 26.3 Å². The number of nitrogens with one attached hydrogen (secondary N) is 2. The number of rotatable bonds is 5. The summed E-state index contributed by atoms with van der Waals surface area (Å²) in [6.07, 6.45) is 1.55. The Morgan fingerprint density at radius 3 is 2.67 bits per heavy atom. The van der Waals surface area contributed by atoms with E-state index in [1.165, 1.54) is 0 Å². The van der Waals surface area contributed by atoms with Crippen molar-refractivity contribution in [1.29, 1.82) is 0 Å². The SMILES string of the molecule is CNc1cc(NCc2ccon2)nc(C(C)C)n1. The molecule has 2 aromatic heterocycles. The number of hydrogen-bond donors (Lipinski definition) is 2. The van der Waals surface area contributed by atoms with Gasteiger partial charge in [-0.15, -0.1) is 0 Å². The molecule has 2 aromatic rings. The summed E-state index contributed by atoms with van der Waals surface area (Å²) in [5.74, 6) is 2.67. The van der Waals surface area contributed by atoms with E-state index in [4.69, 9.17) is 4.52 Å². The first kappa shape index (κ1) is 12.3. The van der Waals surface area contributed by atoms with Crippen LogP contribution in [-0.2, 0) is 6.54 Å². The summed E-state index contributed by atoms with van der Waals surface area (Å²) in [5, 5.41) is 10.1. The van der Waals surface area contributed by atoms with Gasteiger partial charge in [0, 0.05) is 25.1 Å². The maximum atomic E-state index is 4.77. The standard InChI is InChI=1S/C12H17N5O/c1-8(2)12-15-10(13-3)6-11(16-12)14-7-9-4-5-18-17-9/h4-6,8H,7H2,1-3H3,(H2,13,14,15,16). The summed E-state index contributed by atoms with van der Waals surface area (Å²) in [5.41, 5.74) is 0.839. The molecule has 0 bridgehead atoms. The van der Waals surface area contributed by atoms with E-state index in [1.54, 1.807) is 6.26 Å². The molecule has 0 aliphatic rings. The highest BCUT2D eigenvalue weighted by atomic mass is 16.5. The largest absolute Gasteiger partial charge is 0.373 e. The van der Waals surface area contributed by atoms with Crippen LogP contribution in [0.25, 0.3) is 0 Å². The number of aromatic nitrogens is 3. The van der Waals surface area contributed by atoms with Gasteiger partial charge in [0.2, 0.25) is 0 Å². The van der Waals surface area contributed by atoms with Crippen molar-refractivity contribution in [1.82, 2.24) is 15.1 Å². The monoisotopic (exact) mass is 247 g/mol. The predicted molar refractivity (Wildman–Crippen MR) is 69.5 cm³/mol. The van der Waals surface area contributed by atoms with E-state index >= 15 is 0 Å². The molecule has 2 rings (SSSR count). The van der Waals surface area contributed by atoms with Crippen LogP contribution in [0.3, 0.4) is 0 Å². The second kappa shape index (κ2) is 5.48. The fraction of sp³-hybridized carbons (Fsp3) is 0.417. The van der Waals surface area contributed by atoms with Crippen molar-refractivity contribution < 1.29 is 4.52 Å². The zero-order valence-electron chi connectivity index (χ0n) is 10.8. The van der Waals surface area contributed by atoms with Crippen LogP contribution in [0.5, 0.6) is 0 Å². The van der Waals surface area contributed by atoms with E-state index in [2.05, 4.69) is 39.6 Å². The van der Waals surface area contributed by atoms with E-state index in [0.29, 0.717) is 6.54 Å². The van der Waals surface area contributed by atoms with Gasteiger partial charge in [-0.05, 0) is 0 Å². The Morgan fingerprint density at radius 2 is 2.06 bits per heavy atom. The Balaban J connectivity index is 2.13. The van der Waals surface area contributed by atoms with E-state index in [9.17, 15) is 0 Å². The molecule has 6 nitrogen and oxygen atoms in total. The lowest BCUT2D eigenvalue weighted by Gasteiger charge is -2.10. The van der Waals surface area contributed by atoms with Gasteiger partial charge in [-0.25, -0.2) is 9.97 Å². The second-order valence-corrected chi connectivity index (χ2v) is 4.25. The molecule has 0 saturated carbocycles. The van der Waals surface area contributed by atoms with Gasteiger partial charge in [-0.1, -0.05) is 19.0 Å². The number of nitrogens with zero attached hydrogens (tertiary/aromatic N) is 3.